The van der Waals surface area contributed by atoms with Gasteiger partial charge in [-0.3, -0.25) is 9.36 Å². The maximum Gasteiger partial charge on any atom is 0.338 e. The van der Waals surface area contributed by atoms with Crippen molar-refractivity contribution in [3.63, 3.8) is 0 Å². The molecule has 1 aromatic carbocycles. The third-order valence-electron chi connectivity index (χ3n) is 5.24. The highest BCUT2D eigenvalue weighted by molar-refractivity contribution is 7.10. The van der Waals surface area contributed by atoms with Crippen molar-refractivity contribution < 1.29 is 19.0 Å². The fourth-order valence-corrected chi connectivity index (χ4v) is 5.47. The number of hydrogen-bond acceptors (Lipinski definition) is 8. The third-order valence-corrected chi connectivity index (χ3v) is 7.16. The maximum atomic E-state index is 13.5. The van der Waals surface area contributed by atoms with Gasteiger partial charge in [-0.2, -0.15) is 0 Å². The molecule has 4 rings (SSSR count). The molecule has 2 aromatic heterocycles. The number of hydrogen-bond donors (Lipinski definition) is 0. The molecule has 0 aliphatic carbocycles. The van der Waals surface area contributed by atoms with Gasteiger partial charge in [0.1, 0.15) is 18.4 Å². The van der Waals surface area contributed by atoms with Gasteiger partial charge in [0, 0.05) is 17.6 Å². The highest BCUT2D eigenvalue weighted by atomic mass is 32.1. The molecule has 34 heavy (non-hydrogen) atoms. The van der Waals surface area contributed by atoms with Crippen molar-refractivity contribution in [2.75, 3.05) is 27.4 Å². The van der Waals surface area contributed by atoms with Crippen LogP contribution in [-0.4, -0.2) is 38.0 Å². The number of thiazole rings is 1. The number of thiophene rings is 1. The van der Waals surface area contributed by atoms with Crippen LogP contribution in [0.15, 0.2) is 68.9 Å². The summed E-state index contributed by atoms with van der Waals surface area (Å²) in [6.45, 7) is 2.19. The molecule has 1 unspecified atom stereocenters. The Labute approximate surface area is 204 Å². The van der Waals surface area contributed by atoms with E-state index in [0.717, 1.165) is 16.2 Å². The second kappa shape index (κ2) is 10.8. The Bertz CT molecular complexity index is 1410. The highest BCUT2D eigenvalue weighted by Crippen LogP contribution is 2.33. The minimum Gasteiger partial charge on any atom is -0.496 e. The van der Waals surface area contributed by atoms with Crippen molar-refractivity contribution in [3.05, 3.63) is 89.3 Å². The lowest BCUT2D eigenvalue weighted by Gasteiger charge is -2.23. The largest absolute Gasteiger partial charge is 0.496 e. The van der Waals surface area contributed by atoms with Crippen molar-refractivity contribution in [3.8, 4) is 5.75 Å². The van der Waals surface area contributed by atoms with Crippen molar-refractivity contribution >= 4 is 40.8 Å². The van der Waals surface area contributed by atoms with Crippen LogP contribution in [0.1, 0.15) is 23.4 Å². The normalized spacial score (nSPS) is 16.0. The van der Waals surface area contributed by atoms with Gasteiger partial charge in [0.25, 0.3) is 5.56 Å². The molecule has 3 aromatic rings. The SMILES string of the molecule is COCCOC(=O)C1=C(C)N=c2s/c(=C/C=C/c3ccccc3OC)c(=O)n2C1c1cccs1. The molecule has 0 saturated carbocycles. The highest BCUT2D eigenvalue weighted by Gasteiger charge is 2.33. The Kier molecular flexibility index (Phi) is 7.56. The summed E-state index contributed by atoms with van der Waals surface area (Å²) in [5.74, 6) is 0.251. The molecule has 1 aliphatic rings. The van der Waals surface area contributed by atoms with Crippen molar-refractivity contribution in [1.29, 1.82) is 0 Å². The first-order valence-electron chi connectivity index (χ1n) is 10.6. The summed E-state index contributed by atoms with van der Waals surface area (Å²) in [6.07, 6.45) is 5.47. The Hall–Kier alpha value is -3.27. The number of nitrogens with zero attached hydrogens (tertiary/aromatic N) is 2. The van der Waals surface area contributed by atoms with Crippen LogP contribution in [0.3, 0.4) is 0 Å². The first-order chi connectivity index (χ1) is 16.5. The second-order valence-corrected chi connectivity index (χ2v) is 9.34. The van der Waals surface area contributed by atoms with E-state index < -0.39 is 12.0 Å². The van der Waals surface area contributed by atoms with E-state index in [0.29, 0.717) is 27.2 Å². The molecule has 7 nitrogen and oxygen atoms in total. The molecule has 176 valence electrons. The fourth-order valence-electron chi connectivity index (χ4n) is 3.65. The lowest BCUT2D eigenvalue weighted by Crippen LogP contribution is -2.39. The molecule has 0 spiro atoms. The van der Waals surface area contributed by atoms with Crippen LogP contribution in [0.4, 0.5) is 0 Å². The van der Waals surface area contributed by atoms with Gasteiger partial charge in [-0.15, -0.1) is 11.3 Å². The topological polar surface area (TPSA) is 79.1 Å². The smallest absolute Gasteiger partial charge is 0.338 e. The molecule has 1 aliphatic heterocycles. The molecule has 0 amide bonds. The number of aromatic nitrogens is 1. The monoisotopic (exact) mass is 496 g/mol. The first-order valence-corrected chi connectivity index (χ1v) is 12.3. The summed E-state index contributed by atoms with van der Waals surface area (Å²) < 4.78 is 17.9. The predicted octanol–water partition coefficient (Wildman–Crippen LogP) is 3.16. The van der Waals surface area contributed by atoms with E-state index in [9.17, 15) is 9.59 Å². The van der Waals surface area contributed by atoms with Crippen LogP contribution in [-0.2, 0) is 14.3 Å². The van der Waals surface area contributed by atoms with Crippen LogP contribution >= 0.6 is 22.7 Å². The minimum atomic E-state index is -0.591. The lowest BCUT2D eigenvalue weighted by atomic mass is 10.0. The number of methoxy groups -OCH3 is 2. The number of ether oxygens (including phenoxy) is 3. The van der Waals surface area contributed by atoms with E-state index in [2.05, 4.69) is 4.99 Å². The molecule has 0 saturated heterocycles. The number of fused-ring (bicyclic) bond motifs is 1. The Morgan fingerprint density at radius 1 is 1.18 bits per heavy atom. The number of esters is 1. The maximum absolute atomic E-state index is 13.5. The van der Waals surface area contributed by atoms with E-state index in [1.165, 1.54) is 22.7 Å². The van der Waals surface area contributed by atoms with E-state index in [-0.39, 0.29) is 12.2 Å². The van der Waals surface area contributed by atoms with Gasteiger partial charge in [0.15, 0.2) is 4.80 Å². The molecule has 3 heterocycles. The summed E-state index contributed by atoms with van der Waals surface area (Å²) >= 11 is 2.77. The van der Waals surface area contributed by atoms with Crippen molar-refractivity contribution in [2.24, 2.45) is 4.99 Å². The lowest BCUT2D eigenvalue weighted by molar-refractivity contribution is -0.140. The number of carbonyl (C=O) groups excluding carboxylic acids is 1. The van der Waals surface area contributed by atoms with Crippen LogP contribution in [0.25, 0.3) is 12.2 Å². The summed E-state index contributed by atoms with van der Waals surface area (Å²) in [7, 11) is 3.16. The number of para-hydroxylation sites is 1. The zero-order valence-electron chi connectivity index (χ0n) is 19.0. The summed E-state index contributed by atoms with van der Waals surface area (Å²) in [6, 6.07) is 10.9. The fraction of sp³-hybridized carbons (Fsp3) is 0.240. The molecular formula is C25H24N2O5S2. The van der Waals surface area contributed by atoms with Gasteiger partial charge in [0.2, 0.25) is 0 Å². The summed E-state index contributed by atoms with van der Waals surface area (Å²) in [5.41, 5.74) is 1.60. The number of carbonyl (C=O) groups is 1. The van der Waals surface area contributed by atoms with Crippen LogP contribution in [0, 0.1) is 0 Å². The molecule has 0 fully saturated rings. The standard InChI is InChI=1S/C25H24N2O5S2/c1-16-21(24(29)32-14-13-30-2)22(19-12-7-15-33-19)27-23(28)20(34-25(27)26-16)11-6-9-17-8-4-5-10-18(17)31-3/h4-12,15,22H,13-14H2,1-3H3/b9-6+,20-11+. The Morgan fingerprint density at radius 2 is 2.00 bits per heavy atom. The van der Waals surface area contributed by atoms with Gasteiger partial charge >= 0.3 is 5.97 Å². The van der Waals surface area contributed by atoms with Crippen molar-refractivity contribution in [1.82, 2.24) is 4.57 Å². The quantitative estimate of drug-likeness (QED) is 0.354. The minimum absolute atomic E-state index is 0.126. The van der Waals surface area contributed by atoms with E-state index in [1.807, 2.05) is 53.9 Å². The third kappa shape index (κ3) is 4.82. The molecule has 1 atom stereocenters. The van der Waals surface area contributed by atoms with Gasteiger partial charge in [-0.1, -0.05) is 47.8 Å². The van der Waals surface area contributed by atoms with Gasteiger partial charge in [0.05, 0.1) is 29.5 Å². The number of benzene rings is 1. The predicted molar refractivity (Wildman–Crippen MR) is 134 cm³/mol. The number of rotatable bonds is 8. The van der Waals surface area contributed by atoms with Crippen LogP contribution in [0.5, 0.6) is 5.75 Å². The average Bonchev–Trinajstić information content (AvgIpc) is 3.47. The van der Waals surface area contributed by atoms with Crippen LogP contribution in [0.2, 0.25) is 0 Å². The molecular weight excluding hydrogens is 472 g/mol. The van der Waals surface area contributed by atoms with Crippen LogP contribution < -0.4 is 19.6 Å². The van der Waals surface area contributed by atoms with Crippen molar-refractivity contribution in [2.45, 2.75) is 13.0 Å². The Morgan fingerprint density at radius 3 is 2.74 bits per heavy atom. The van der Waals surface area contributed by atoms with E-state index >= 15 is 0 Å². The zero-order valence-corrected chi connectivity index (χ0v) is 20.7. The molecule has 0 bridgehead atoms. The average molecular weight is 497 g/mol. The zero-order chi connectivity index (χ0) is 24.1. The summed E-state index contributed by atoms with van der Waals surface area (Å²) in [4.78, 5) is 32.4. The summed E-state index contributed by atoms with van der Waals surface area (Å²) in [5, 5.41) is 1.92. The molecule has 0 radical (unpaired) electrons. The second-order valence-electron chi connectivity index (χ2n) is 7.35. The van der Waals surface area contributed by atoms with Gasteiger partial charge in [-0.05, 0) is 30.5 Å². The van der Waals surface area contributed by atoms with E-state index in [4.69, 9.17) is 14.2 Å². The van der Waals surface area contributed by atoms with Gasteiger partial charge < -0.3 is 14.2 Å². The first kappa shape index (κ1) is 23.9. The Balaban J connectivity index is 1.76. The molecule has 9 heteroatoms. The number of allylic oxidation sites excluding steroid dienone is 2. The molecule has 0 N–H and O–H groups in total. The van der Waals surface area contributed by atoms with Gasteiger partial charge in [-0.25, -0.2) is 9.79 Å². The van der Waals surface area contributed by atoms with E-state index in [1.54, 1.807) is 31.8 Å².